The molecule has 1 atom stereocenters. The molecule has 0 radical (unpaired) electrons. The standard InChI is InChI=1S/C25H29N7O5S/c1-3-37-21-16-26-15-18(29-21)17-4-5-20(28-14-17)31-22(33)25(9-12-36-13-10-25)19-6-11-27-23(30-19)32(38(34)35)24(2)7-8-24/h4-6,11,14-16H,3,7-10,12-13H2,1-2H3,(H,34,35)(H,28,31,33). The molecule has 1 saturated carbocycles. The van der Waals surface area contributed by atoms with Crippen LogP contribution in [0.2, 0.25) is 0 Å². The van der Waals surface area contributed by atoms with Crippen molar-refractivity contribution in [2.24, 2.45) is 0 Å². The molecule has 1 unspecified atom stereocenters. The number of carbonyl (C=O) groups excluding carboxylic acids is 1. The molecule has 0 aromatic carbocycles. The van der Waals surface area contributed by atoms with Gasteiger partial charge in [-0.05, 0) is 57.7 Å². The number of hydrogen-bond acceptors (Lipinski definition) is 9. The molecule has 2 fully saturated rings. The predicted octanol–water partition coefficient (Wildman–Crippen LogP) is 2.91. The lowest BCUT2D eigenvalue weighted by molar-refractivity contribution is -0.125. The molecule has 3 aromatic heterocycles. The van der Waals surface area contributed by atoms with E-state index in [9.17, 15) is 13.6 Å². The highest BCUT2D eigenvalue weighted by Crippen LogP contribution is 2.44. The molecule has 0 bridgehead atoms. The first kappa shape index (κ1) is 26.1. The van der Waals surface area contributed by atoms with E-state index in [1.807, 2.05) is 13.8 Å². The zero-order valence-corrected chi connectivity index (χ0v) is 22.0. The Bertz CT molecular complexity index is 1330. The summed E-state index contributed by atoms with van der Waals surface area (Å²) in [5.74, 6) is 0.641. The van der Waals surface area contributed by atoms with Crippen molar-refractivity contribution in [3.8, 4) is 17.1 Å². The van der Waals surface area contributed by atoms with Crippen molar-refractivity contribution in [2.45, 2.75) is 50.5 Å². The smallest absolute Gasteiger partial charge is 0.264 e. The number of aromatic nitrogens is 5. The second kappa shape index (κ2) is 10.7. The van der Waals surface area contributed by atoms with Gasteiger partial charge < -0.3 is 14.8 Å². The maximum absolute atomic E-state index is 13.8. The van der Waals surface area contributed by atoms with Gasteiger partial charge in [0.05, 0.1) is 41.3 Å². The molecule has 1 saturated heterocycles. The van der Waals surface area contributed by atoms with Crippen molar-refractivity contribution < 1.29 is 23.0 Å². The van der Waals surface area contributed by atoms with E-state index in [-0.39, 0.29) is 11.9 Å². The van der Waals surface area contributed by atoms with Crippen molar-refractivity contribution in [3.05, 3.63) is 48.7 Å². The normalized spacial score (nSPS) is 18.3. The summed E-state index contributed by atoms with van der Waals surface area (Å²) in [5, 5.41) is 2.93. The van der Waals surface area contributed by atoms with Crippen molar-refractivity contribution in [1.82, 2.24) is 24.9 Å². The van der Waals surface area contributed by atoms with E-state index in [1.165, 1.54) is 10.5 Å². The highest BCUT2D eigenvalue weighted by atomic mass is 32.2. The van der Waals surface area contributed by atoms with Crippen LogP contribution in [0.25, 0.3) is 11.3 Å². The first-order valence-electron chi connectivity index (χ1n) is 12.4. The molecule has 38 heavy (non-hydrogen) atoms. The Morgan fingerprint density at radius 2 is 1.92 bits per heavy atom. The minimum absolute atomic E-state index is 0.125. The first-order chi connectivity index (χ1) is 18.3. The maximum Gasteiger partial charge on any atom is 0.264 e. The topological polar surface area (TPSA) is 153 Å². The molecule has 3 aromatic rings. The van der Waals surface area contributed by atoms with E-state index >= 15 is 0 Å². The Hall–Kier alpha value is -3.55. The van der Waals surface area contributed by atoms with Crippen LogP contribution in [0.3, 0.4) is 0 Å². The zero-order valence-electron chi connectivity index (χ0n) is 21.2. The highest BCUT2D eigenvalue weighted by Gasteiger charge is 2.49. The fraction of sp³-hybridized carbons (Fsp3) is 0.440. The van der Waals surface area contributed by atoms with Crippen molar-refractivity contribution in [2.75, 3.05) is 29.4 Å². The average molecular weight is 540 g/mol. The van der Waals surface area contributed by atoms with Gasteiger partial charge in [0, 0.05) is 31.2 Å². The molecular formula is C25H29N7O5S. The van der Waals surface area contributed by atoms with Gasteiger partial charge in [-0.25, -0.2) is 28.5 Å². The second-order valence-corrected chi connectivity index (χ2v) is 10.3. The van der Waals surface area contributed by atoms with E-state index < -0.39 is 22.2 Å². The molecule has 2 N–H and O–H groups in total. The summed E-state index contributed by atoms with van der Waals surface area (Å²) in [4.78, 5) is 35.6. The lowest BCUT2D eigenvalue weighted by Gasteiger charge is -2.35. The maximum atomic E-state index is 13.8. The third-order valence-corrected chi connectivity index (χ3v) is 7.84. The third-order valence-electron chi connectivity index (χ3n) is 6.92. The summed E-state index contributed by atoms with van der Waals surface area (Å²) >= 11 is -2.30. The third kappa shape index (κ3) is 5.22. The number of hydrogen-bond donors (Lipinski definition) is 2. The summed E-state index contributed by atoms with van der Waals surface area (Å²) in [5.41, 5.74) is 0.305. The zero-order chi connectivity index (χ0) is 26.8. The molecular weight excluding hydrogens is 510 g/mol. The van der Waals surface area contributed by atoms with Gasteiger partial charge in [-0.15, -0.1) is 0 Å². The number of carbonyl (C=O) groups is 1. The van der Waals surface area contributed by atoms with Crippen LogP contribution < -0.4 is 14.4 Å². The highest BCUT2D eigenvalue weighted by molar-refractivity contribution is 7.80. The Labute approximate surface area is 222 Å². The summed E-state index contributed by atoms with van der Waals surface area (Å²) in [6.45, 7) is 5.00. The largest absolute Gasteiger partial charge is 0.477 e. The van der Waals surface area contributed by atoms with E-state index in [0.29, 0.717) is 55.7 Å². The Kier molecular flexibility index (Phi) is 7.32. The molecule has 13 heteroatoms. The van der Waals surface area contributed by atoms with Crippen molar-refractivity contribution >= 4 is 28.9 Å². The van der Waals surface area contributed by atoms with Gasteiger partial charge in [-0.1, -0.05) is 0 Å². The minimum atomic E-state index is -2.30. The van der Waals surface area contributed by atoms with E-state index in [0.717, 1.165) is 18.4 Å². The van der Waals surface area contributed by atoms with Gasteiger partial charge in [-0.3, -0.25) is 14.3 Å². The lowest BCUT2D eigenvalue weighted by atomic mass is 9.76. The summed E-state index contributed by atoms with van der Waals surface area (Å²) in [7, 11) is 0. The van der Waals surface area contributed by atoms with Crippen LogP contribution in [0.1, 0.15) is 45.2 Å². The van der Waals surface area contributed by atoms with E-state index in [2.05, 4.69) is 30.2 Å². The van der Waals surface area contributed by atoms with Gasteiger partial charge >= 0.3 is 0 Å². The van der Waals surface area contributed by atoms with E-state index in [4.69, 9.17) is 9.47 Å². The van der Waals surface area contributed by atoms with Crippen LogP contribution >= 0.6 is 0 Å². The molecule has 1 aliphatic heterocycles. The summed E-state index contributed by atoms with van der Waals surface area (Å²) in [6, 6.07) is 5.18. The first-order valence-corrected chi connectivity index (χ1v) is 13.5. The lowest BCUT2D eigenvalue weighted by Crippen LogP contribution is -2.46. The van der Waals surface area contributed by atoms with Crippen LogP contribution in [-0.4, -0.2) is 64.9 Å². The number of nitrogens with zero attached hydrogens (tertiary/aromatic N) is 6. The summed E-state index contributed by atoms with van der Waals surface area (Å²) < 4.78 is 34.4. The second-order valence-electron chi connectivity index (χ2n) is 9.52. The number of anilines is 2. The number of rotatable bonds is 9. The fourth-order valence-electron chi connectivity index (χ4n) is 4.48. The molecule has 200 valence electrons. The molecule has 12 nitrogen and oxygen atoms in total. The molecule has 4 heterocycles. The molecule has 2 aliphatic rings. The van der Waals surface area contributed by atoms with Crippen LogP contribution in [-0.2, 0) is 26.2 Å². The minimum Gasteiger partial charge on any atom is -0.477 e. The van der Waals surface area contributed by atoms with Gasteiger partial charge in [0.25, 0.3) is 11.3 Å². The monoisotopic (exact) mass is 539 g/mol. The van der Waals surface area contributed by atoms with Crippen LogP contribution in [0.4, 0.5) is 11.8 Å². The molecule has 1 aliphatic carbocycles. The van der Waals surface area contributed by atoms with Crippen LogP contribution in [0.5, 0.6) is 5.88 Å². The van der Waals surface area contributed by atoms with Gasteiger partial charge in [0.1, 0.15) is 5.82 Å². The van der Waals surface area contributed by atoms with Gasteiger partial charge in [0.2, 0.25) is 17.7 Å². The Morgan fingerprint density at radius 1 is 1.13 bits per heavy atom. The fourth-order valence-corrected chi connectivity index (χ4v) is 5.26. The Morgan fingerprint density at radius 3 is 2.58 bits per heavy atom. The van der Waals surface area contributed by atoms with Crippen LogP contribution in [0, 0.1) is 0 Å². The quantitative estimate of drug-likeness (QED) is 0.388. The van der Waals surface area contributed by atoms with Gasteiger partial charge in [0.15, 0.2) is 0 Å². The number of ether oxygens (including phenoxy) is 2. The van der Waals surface area contributed by atoms with Crippen LogP contribution in [0.15, 0.2) is 43.0 Å². The van der Waals surface area contributed by atoms with E-state index in [1.54, 1.807) is 36.8 Å². The number of pyridine rings is 1. The Balaban J connectivity index is 1.40. The average Bonchev–Trinajstić information content (AvgIpc) is 3.67. The SMILES string of the molecule is CCOc1cncc(-c2ccc(NC(=O)C3(c4ccnc(N(S(=O)O)C5(C)CC5)n4)CCOCC3)nc2)n1. The molecule has 0 spiro atoms. The summed E-state index contributed by atoms with van der Waals surface area (Å²) in [6.07, 6.45) is 8.61. The van der Waals surface area contributed by atoms with Crippen molar-refractivity contribution in [3.63, 3.8) is 0 Å². The predicted molar refractivity (Wildman–Crippen MR) is 140 cm³/mol. The van der Waals surface area contributed by atoms with Gasteiger partial charge in [-0.2, -0.15) is 0 Å². The number of nitrogens with one attached hydrogen (secondary N) is 1. The molecule has 5 rings (SSSR count). The van der Waals surface area contributed by atoms with Crippen molar-refractivity contribution in [1.29, 1.82) is 0 Å². The molecule has 1 amide bonds. The number of amides is 1.